The molecule has 38 heavy (non-hydrogen) atoms. The van der Waals surface area contributed by atoms with Gasteiger partial charge < -0.3 is 20.4 Å². The Morgan fingerprint density at radius 3 is 1.39 bits per heavy atom. The van der Waals surface area contributed by atoms with Crippen LogP contribution in [0.15, 0.2) is 24.3 Å². The monoisotopic (exact) mass is 522 g/mol. The van der Waals surface area contributed by atoms with Crippen molar-refractivity contribution >= 4 is 0 Å². The van der Waals surface area contributed by atoms with Crippen LogP contribution >= 0.6 is 0 Å². The van der Waals surface area contributed by atoms with E-state index in [1.807, 2.05) is 0 Å². The molecule has 2 aliphatic carbocycles. The Morgan fingerprint density at radius 1 is 0.658 bits per heavy atom. The number of hydrogen-bond acceptors (Lipinski definition) is 4. The number of aliphatic hydroxyl groups excluding tert-OH is 2. The zero-order valence-electron chi connectivity index (χ0n) is 24.0. The highest BCUT2D eigenvalue weighted by Crippen LogP contribution is 2.51. The van der Waals surface area contributed by atoms with Gasteiger partial charge in [0.15, 0.2) is 0 Å². The molecule has 2 saturated carbocycles. The third-order valence-electron chi connectivity index (χ3n) is 9.74. The first-order valence-corrected chi connectivity index (χ1v) is 15.2. The molecule has 0 heterocycles. The van der Waals surface area contributed by atoms with E-state index in [2.05, 4.69) is 45.0 Å². The molecule has 0 spiro atoms. The molecule has 4 heteroatoms. The molecule has 2 aliphatic rings. The number of aromatic hydroxyl groups is 2. The summed E-state index contributed by atoms with van der Waals surface area (Å²) in [4.78, 5) is 0. The Bertz CT molecular complexity index is 993. The lowest BCUT2D eigenvalue weighted by molar-refractivity contribution is 0.296. The second-order valence-electron chi connectivity index (χ2n) is 12.7. The smallest absolute Gasteiger partial charge is 0.123 e. The van der Waals surface area contributed by atoms with Crippen LogP contribution in [0.25, 0.3) is 0 Å². The fraction of sp³-hybridized carbons (Fsp3) is 0.647. The first-order valence-electron chi connectivity index (χ1n) is 15.2. The average Bonchev–Trinajstić information content (AvgIpc) is 2.90. The van der Waals surface area contributed by atoms with E-state index in [1.54, 1.807) is 0 Å². The van der Waals surface area contributed by atoms with E-state index >= 15 is 0 Å². The summed E-state index contributed by atoms with van der Waals surface area (Å²) < 4.78 is 0. The summed E-state index contributed by atoms with van der Waals surface area (Å²) in [6.07, 6.45) is 14.2. The number of benzene rings is 2. The second-order valence-corrected chi connectivity index (χ2v) is 12.7. The standard InChI is InChI=1S/C34H50O4/c1-4-11-26(27-20-24(12-18-35)22-29(31(27)37)33(2)14-7-5-8-15-33)28-21-25(13-19-36)23-30(32(28)38)34(3)16-9-6-10-17-34/h20-23,26,35-38H,4-19H2,1-3H3. The number of aliphatic hydroxyl groups is 2. The molecule has 0 bridgehead atoms. The molecule has 2 aromatic rings. The van der Waals surface area contributed by atoms with Gasteiger partial charge in [-0.05, 0) is 66.9 Å². The molecule has 2 fully saturated rings. The molecule has 0 amide bonds. The highest BCUT2D eigenvalue weighted by Gasteiger charge is 2.36. The Balaban J connectivity index is 1.91. The van der Waals surface area contributed by atoms with Crippen molar-refractivity contribution in [3.63, 3.8) is 0 Å². The molecule has 0 unspecified atom stereocenters. The number of hydrogen-bond donors (Lipinski definition) is 4. The first-order chi connectivity index (χ1) is 18.3. The maximum atomic E-state index is 11.9. The van der Waals surface area contributed by atoms with Gasteiger partial charge in [0.1, 0.15) is 11.5 Å². The zero-order valence-corrected chi connectivity index (χ0v) is 24.0. The summed E-state index contributed by atoms with van der Waals surface area (Å²) in [5.74, 6) is 0.577. The maximum absolute atomic E-state index is 11.9. The van der Waals surface area contributed by atoms with Gasteiger partial charge >= 0.3 is 0 Å². The van der Waals surface area contributed by atoms with Gasteiger partial charge in [0.25, 0.3) is 0 Å². The fourth-order valence-corrected chi connectivity index (χ4v) is 7.41. The third kappa shape index (κ3) is 5.92. The van der Waals surface area contributed by atoms with Crippen molar-refractivity contribution in [1.82, 2.24) is 0 Å². The van der Waals surface area contributed by atoms with Crippen LogP contribution < -0.4 is 0 Å². The van der Waals surface area contributed by atoms with Crippen LogP contribution in [0.1, 0.15) is 137 Å². The summed E-state index contributed by atoms with van der Waals surface area (Å²) in [6.45, 7) is 6.86. The van der Waals surface area contributed by atoms with E-state index in [0.29, 0.717) is 24.3 Å². The minimum atomic E-state index is -0.158. The number of phenols is 2. The van der Waals surface area contributed by atoms with Crippen molar-refractivity contribution in [2.24, 2.45) is 0 Å². The van der Waals surface area contributed by atoms with Crippen molar-refractivity contribution < 1.29 is 20.4 Å². The molecule has 0 aliphatic heterocycles. The lowest BCUT2D eigenvalue weighted by atomic mass is 9.68. The van der Waals surface area contributed by atoms with E-state index in [9.17, 15) is 20.4 Å². The summed E-state index contributed by atoms with van der Waals surface area (Å²) in [5, 5.41) is 43.5. The van der Waals surface area contributed by atoms with Crippen LogP contribution in [0.4, 0.5) is 0 Å². The van der Waals surface area contributed by atoms with Gasteiger partial charge in [0.05, 0.1) is 0 Å². The lowest BCUT2D eigenvalue weighted by Crippen LogP contribution is -2.26. The molecule has 4 nitrogen and oxygen atoms in total. The van der Waals surface area contributed by atoms with E-state index in [1.165, 1.54) is 38.5 Å². The third-order valence-corrected chi connectivity index (χ3v) is 9.74. The van der Waals surface area contributed by atoms with Crippen molar-refractivity contribution in [3.05, 3.63) is 57.6 Å². The topological polar surface area (TPSA) is 80.9 Å². The Hall–Kier alpha value is -2.04. The van der Waals surface area contributed by atoms with Gasteiger partial charge in [-0.25, -0.2) is 0 Å². The van der Waals surface area contributed by atoms with Crippen LogP contribution in [-0.2, 0) is 23.7 Å². The zero-order chi connectivity index (χ0) is 27.3. The highest BCUT2D eigenvalue weighted by atomic mass is 16.3. The van der Waals surface area contributed by atoms with E-state index in [4.69, 9.17) is 0 Å². The van der Waals surface area contributed by atoms with Gasteiger partial charge in [-0.2, -0.15) is 0 Å². The second kappa shape index (κ2) is 12.4. The SMILES string of the molecule is CCCC(c1cc(CCO)cc(C2(C)CCCCC2)c1O)c1cc(CCO)cc(C2(C)CCCCC2)c1O. The fourth-order valence-electron chi connectivity index (χ4n) is 7.41. The van der Waals surface area contributed by atoms with Crippen LogP contribution in [-0.4, -0.2) is 33.6 Å². The number of phenolic OH excluding ortho intramolecular Hbond substituents is 2. The molecular formula is C34H50O4. The van der Waals surface area contributed by atoms with E-state index < -0.39 is 0 Å². The van der Waals surface area contributed by atoms with Gasteiger partial charge in [0, 0.05) is 41.4 Å². The molecular weight excluding hydrogens is 472 g/mol. The van der Waals surface area contributed by atoms with E-state index in [-0.39, 0.29) is 30.0 Å². The lowest BCUT2D eigenvalue weighted by Gasteiger charge is -2.37. The molecule has 0 radical (unpaired) electrons. The van der Waals surface area contributed by atoms with Gasteiger partial charge in [0.2, 0.25) is 0 Å². The van der Waals surface area contributed by atoms with Gasteiger partial charge in [-0.1, -0.05) is 90.0 Å². The largest absolute Gasteiger partial charge is 0.507 e. The molecule has 0 saturated heterocycles. The van der Waals surface area contributed by atoms with Crippen LogP contribution in [0.2, 0.25) is 0 Å². The average molecular weight is 523 g/mol. The Kier molecular flexibility index (Phi) is 9.47. The van der Waals surface area contributed by atoms with Crippen LogP contribution in [0.3, 0.4) is 0 Å². The highest BCUT2D eigenvalue weighted by molar-refractivity contribution is 5.57. The molecule has 4 rings (SSSR count). The predicted octanol–water partition coefficient (Wildman–Crippen LogP) is 7.54. The van der Waals surface area contributed by atoms with E-state index in [0.717, 1.165) is 71.9 Å². The molecule has 4 N–H and O–H groups in total. The van der Waals surface area contributed by atoms with Crippen molar-refractivity contribution in [3.8, 4) is 11.5 Å². The van der Waals surface area contributed by atoms with Gasteiger partial charge in [-0.15, -0.1) is 0 Å². The van der Waals surface area contributed by atoms with Crippen molar-refractivity contribution in [1.29, 1.82) is 0 Å². The van der Waals surface area contributed by atoms with Gasteiger partial charge in [-0.3, -0.25) is 0 Å². The molecule has 0 aromatic heterocycles. The molecule has 0 atom stereocenters. The van der Waals surface area contributed by atoms with Crippen molar-refractivity contribution in [2.75, 3.05) is 13.2 Å². The Morgan fingerprint density at radius 2 is 1.05 bits per heavy atom. The maximum Gasteiger partial charge on any atom is 0.123 e. The summed E-state index contributed by atoms with van der Waals surface area (Å²) in [6, 6.07) is 8.39. The summed E-state index contributed by atoms with van der Waals surface area (Å²) in [5.41, 5.74) is 5.69. The Labute approximate surface area is 230 Å². The number of rotatable bonds is 10. The minimum Gasteiger partial charge on any atom is -0.507 e. The molecule has 2 aromatic carbocycles. The first kappa shape index (κ1) is 29.0. The summed E-state index contributed by atoms with van der Waals surface area (Å²) in [7, 11) is 0. The van der Waals surface area contributed by atoms with Crippen LogP contribution in [0.5, 0.6) is 11.5 Å². The molecule has 210 valence electrons. The predicted molar refractivity (Wildman–Crippen MR) is 155 cm³/mol. The summed E-state index contributed by atoms with van der Waals surface area (Å²) >= 11 is 0. The normalized spacial score (nSPS) is 19.1. The minimum absolute atomic E-state index is 0.0680. The quantitative estimate of drug-likeness (QED) is 0.260. The van der Waals surface area contributed by atoms with Crippen LogP contribution in [0, 0.1) is 0 Å². The van der Waals surface area contributed by atoms with Crippen molar-refractivity contribution in [2.45, 2.75) is 127 Å².